The van der Waals surface area contributed by atoms with E-state index in [9.17, 15) is 9.90 Å². The molecule has 0 fully saturated rings. The number of nitrogens with zero attached hydrogens (tertiary/aromatic N) is 4. The Morgan fingerprint density at radius 3 is 2.77 bits per heavy atom. The van der Waals surface area contributed by atoms with Gasteiger partial charge in [-0.25, -0.2) is 4.68 Å². The van der Waals surface area contributed by atoms with Crippen molar-refractivity contribution in [3.05, 3.63) is 74.2 Å². The van der Waals surface area contributed by atoms with E-state index in [1.54, 1.807) is 37.4 Å². The standard InChI is InChI=1S/C17H18ClN5O3/c1-10-12(7-19)8-20-23(17(10)25)9-16-21-15(22-26-16)6-14(24)11-2-4-13(18)5-3-11/h2-5,8,14,24H,6-7,9,19H2,1H3/t14-/m0/s1. The molecule has 1 atom stereocenters. The largest absolute Gasteiger partial charge is 0.388 e. The van der Waals surface area contributed by atoms with Crippen LogP contribution in [0.2, 0.25) is 5.02 Å². The number of hydrogen-bond donors (Lipinski definition) is 2. The van der Waals surface area contributed by atoms with E-state index >= 15 is 0 Å². The fourth-order valence-corrected chi connectivity index (χ4v) is 2.61. The molecule has 0 saturated carbocycles. The number of halogens is 1. The number of benzene rings is 1. The first kappa shape index (κ1) is 18.2. The molecule has 0 saturated heterocycles. The highest BCUT2D eigenvalue weighted by Gasteiger charge is 2.15. The van der Waals surface area contributed by atoms with E-state index in [1.807, 2.05) is 0 Å². The molecule has 0 aliphatic rings. The van der Waals surface area contributed by atoms with Crippen LogP contribution in [0.1, 0.15) is 34.5 Å². The molecule has 8 nitrogen and oxygen atoms in total. The fourth-order valence-electron chi connectivity index (χ4n) is 2.48. The van der Waals surface area contributed by atoms with E-state index in [0.717, 1.165) is 0 Å². The van der Waals surface area contributed by atoms with Crippen LogP contribution >= 0.6 is 11.6 Å². The molecule has 2 heterocycles. The van der Waals surface area contributed by atoms with Crippen molar-refractivity contribution in [2.45, 2.75) is 32.5 Å². The maximum Gasteiger partial charge on any atom is 0.270 e. The molecule has 9 heteroatoms. The third-order valence-corrected chi connectivity index (χ3v) is 4.29. The summed E-state index contributed by atoms with van der Waals surface area (Å²) in [4.78, 5) is 16.5. The molecule has 3 aromatic rings. The Kier molecular flexibility index (Phi) is 5.46. The van der Waals surface area contributed by atoms with Gasteiger partial charge in [-0.3, -0.25) is 4.79 Å². The second kappa shape index (κ2) is 7.77. The van der Waals surface area contributed by atoms with Gasteiger partial charge in [0.05, 0.1) is 12.3 Å². The zero-order valence-electron chi connectivity index (χ0n) is 14.1. The van der Waals surface area contributed by atoms with Crippen LogP contribution in [0.4, 0.5) is 0 Å². The van der Waals surface area contributed by atoms with Crippen molar-refractivity contribution < 1.29 is 9.63 Å². The second-order valence-electron chi connectivity index (χ2n) is 5.84. The number of hydrogen-bond acceptors (Lipinski definition) is 7. The van der Waals surface area contributed by atoms with E-state index in [1.165, 1.54) is 4.68 Å². The van der Waals surface area contributed by atoms with E-state index < -0.39 is 6.10 Å². The molecule has 26 heavy (non-hydrogen) atoms. The normalized spacial score (nSPS) is 12.3. The van der Waals surface area contributed by atoms with E-state index in [4.69, 9.17) is 21.9 Å². The minimum Gasteiger partial charge on any atom is -0.388 e. The minimum atomic E-state index is -0.787. The van der Waals surface area contributed by atoms with E-state index in [0.29, 0.717) is 27.5 Å². The van der Waals surface area contributed by atoms with Crippen LogP contribution in [0.5, 0.6) is 0 Å². The summed E-state index contributed by atoms with van der Waals surface area (Å²) in [6.07, 6.45) is 0.946. The molecule has 3 rings (SSSR count). The molecule has 0 aliphatic heterocycles. The van der Waals surface area contributed by atoms with Crippen LogP contribution in [-0.2, 0) is 19.5 Å². The van der Waals surface area contributed by atoms with Crippen molar-refractivity contribution in [1.29, 1.82) is 0 Å². The third kappa shape index (κ3) is 3.98. The molecule has 0 amide bonds. The smallest absolute Gasteiger partial charge is 0.270 e. The summed E-state index contributed by atoms with van der Waals surface area (Å²) >= 11 is 5.84. The van der Waals surface area contributed by atoms with Crippen LogP contribution in [0.3, 0.4) is 0 Å². The molecular formula is C17H18ClN5O3. The topological polar surface area (TPSA) is 120 Å². The SMILES string of the molecule is Cc1c(CN)cnn(Cc2nc(C[C@H](O)c3ccc(Cl)cc3)no2)c1=O. The Bertz CT molecular complexity index is 952. The van der Waals surface area contributed by atoms with Crippen LogP contribution in [-0.4, -0.2) is 25.0 Å². The predicted octanol–water partition coefficient (Wildman–Crippen LogP) is 1.37. The maximum atomic E-state index is 12.3. The predicted molar refractivity (Wildman–Crippen MR) is 94.6 cm³/mol. The highest BCUT2D eigenvalue weighted by atomic mass is 35.5. The van der Waals surface area contributed by atoms with Crippen molar-refractivity contribution in [2.24, 2.45) is 5.73 Å². The van der Waals surface area contributed by atoms with Gasteiger partial charge in [0.1, 0.15) is 6.54 Å². The summed E-state index contributed by atoms with van der Waals surface area (Å²) in [6, 6.07) is 6.87. The zero-order chi connectivity index (χ0) is 18.7. The van der Waals surface area contributed by atoms with Gasteiger partial charge in [0.15, 0.2) is 5.82 Å². The Labute approximate surface area is 154 Å². The van der Waals surface area contributed by atoms with Gasteiger partial charge in [0.2, 0.25) is 5.89 Å². The Morgan fingerprint density at radius 1 is 1.35 bits per heavy atom. The van der Waals surface area contributed by atoms with Crippen LogP contribution in [0.25, 0.3) is 0 Å². The summed E-state index contributed by atoms with van der Waals surface area (Å²) in [5, 5.41) is 18.8. The molecular weight excluding hydrogens is 358 g/mol. The lowest BCUT2D eigenvalue weighted by Crippen LogP contribution is -2.27. The third-order valence-electron chi connectivity index (χ3n) is 4.04. The molecule has 0 bridgehead atoms. The minimum absolute atomic E-state index is 0.0502. The number of aliphatic hydroxyl groups excluding tert-OH is 1. The maximum absolute atomic E-state index is 12.3. The molecule has 136 valence electrons. The Hall–Kier alpha value is -2.55. The molecule has 0 radical (unpaired) electrons. The van der Waals surface area contributed by atoms with Gasteiger partial charge in [-0.05, 0) is 30.2 Å². The van der Waals surface area contributed by atoms with Gasteiger partial charge in [-0.2, -0.15) is 10.1 Å². The summed E-state index contributed by atoms with van der Waals surface area (Å²) in [6.45, 7) is 2.00. The number of nitrogens with two attached hydrogens (primary N) is 1. The van der Waals surface area contributed by atoms with Crippen molar-refractivity contribution in [2.75, 3.05) is 0 Å². The van der Waals surface area contributed by atoms with Gasteiger partial charge in [-0.1, -0.05) is 28.9 Å². The summed E-state index contributed by atoms with van der Waals surface area (Å²) in [7, 11) is 0. The average Bonchev–Trinajstić information content (AvgIpc) is 3.06. The molecule has 0 unspecified atom stereocenters. The van der Waals surface area contributed by atoms with Crippen molar-refractivity contribution >= 4 is 11.6 Å². The van der Waals surface area contributed by atoms with Gasteiger partial charge >= 0.3 is 0 Å². The van der Waals surface area contributed by atoms with Crippen molar-refractivity contribution in [3.63, 3.8) is 0 Å². The highest BCUT2D eigenvalue weighted by molar-refractivity contribution is 6.30. The molecule has 0 aliphatic carbocycles. The van der Waals surface area contributed by atoms with Crippen LogP contribution in [0, 0.1) is 6.92 Å². The number of aliphatic hydroxyl groups is 1. The van der Waals surface area contributed by atoms with Gasteiger partial charge in [0, 0.05) is 23.6 Å². The molecule has 3 N–H and O–H groups in total. The Morgan fingerprint density at radius 2 is 2.08 bits per heavy atom. The number of rotatable bonds is 6. The number of aromatic nitrogens is 4. The first-order valence-corrected chi connectivity index (χ1v) is 8.36. The van der Waals surface area contributed by atoms with Crippen LogP contribution in [0.15, 0.2) is 39.8 Å². The van der Waals surface area contributed by atoms with E-state index in [-0.39, 0.29) is 31.0 Å². The molecule has 1 aromatic carbocycles. The van der Waals surface area contributed by atoms with Gasteiger partial charge in [0.25, 0.3) is 5.56 Å². The highest BCUT2D eigenvalue weighted by Crippen LogP contribution is 2.19. The first-order chi connectivity index (χ1) is 12.5. The second-order valence-corrected chi connectivity index (χ2v) is 6.27. The fraction of sp³-hybridized carbons (Fsp3) is 0.294. The molecule has 2 aromatic heterocycles. The van der Waals surface area contributed by atoms with E-state index in [2.05, 4.69) is 15.2 Å². The lowest BCUT2D eigenvalue weighted by atomic mass is 10.1. The summed E-state index contributed by atoms with van der Waals surface area (Å²) in [5.74, 6) is 0.573. The van der Waals surface area contributed by atoms with Crippen molar-refractivity contribution in [1.82, 2.24) is 19.9 Å². The lowest BCUT2D eigenvalue weighted by Gasteiger charge is -2.08. The van der Waals surface area contributed by atoms with Gasteiger partial charge in [-0.15, -0.1) is 0 Å². The first-order valence-electron chi connectivity index (χ1n) is 7.98. The monoisotopic (exact) mass is 375 g/mol. The molecule has 0 spiro atoms. The summed E-state index contributed by atoms with van der Waals surface area (Å²) < 4.78 is 6.40. The van der Waals surface area contributed by atoms with Gasteiger partial charge < -0.3 is 15.4 Å². The van der Waals surface area contributed by atoms with Crippen LogP contribution < -0.4 is 11.3 Å². The Balaban J connectivity index is 1.71. The lowest BCUT2D eigenvalue weighted by molar-refractivity contribution is 0.174. The quantitative estimate of drug-likeness (QED) is 0.667. The van der Waals surface area contributed by atoms with Crippen molar-refractivity contribution in [3.8, 4) is 0 Å². The zero-order valence-corrected chi connectivity index (χ0v) is 14.8. The average molecular weight is 376 g/mol. The summed E-state index contributed by atoms with van der Waals surface area (Å²) in [5.41, 5.74) is 7.25.